The van der Waals surface area contributed by atoms with Gasteiger partial charge >= 0.3 is 38.9 Å². The van der Waals surface area contributed by atoms with Crippen LogP contribution in [0.3, 0.4) is 0 Å². The molecule has 0 aromatic carbocycles. The third kappa shape index (κ3) is 10.7. The molecule has 0 aliphatic rings. The van der Waals surface area contributed by atoms with Gasteiger partial charge in [0.1, 0.15) is 0 Å². The zero-order chi connectivity index (χ0) is 4.99. The number of carboxylic acid groups (broad SMARTS) is 1. The Bertz CT molecular complexity index is 54.1. The van der Waals surface area contributed by atoms with Crippen molar-refractivity contribution in [2.24, 2.45) is 0 Å². The first-order valence-electron chi connectivity index (χ1n) is 1.44. The standard InChI is InChI=1S/C3H5O3.Y/c1-2-6-3(4)5;/h2H,1H3,(H,4,5);/q-1;+3. The van der Waals surface area contributed by atoms with E-state index in [4.69, 9.17) is 5.11 Å². The molecule has 0 radical (unpaired) electrons. The molecule has 0 saturated heterocycles. The van der Waals surface area contributed by atoms with Gasteiger partial charge < -0.3 is 9.84 Å². The normalized spacial score (nSPS) is 6.43. The molecule has 0 rings (SSSR count). The first kappa shape index (κ1) is 10.4. The summed E-state index contributed by atoms with van der Waals surface area (Å²) >= 11 is 0. The van der Waals surface area contributed by atoms with Gasteiger partial charge in [-0.2, -0.15) is 13.5 Å². The average Bonchev–Trinajstić information content (AvgIpc) is 1.35. The Kier molecular flexibility index (Phi) is 9.45. The van der Waals surface area contributed by atoms with Crippen LogP contribution >= 0.6 is 0 Å². The molecule has 0 unspecified atom stereocenters. The fourth-order valence-corrected chi connectivity index (χ4v) is 0.101. The number of carbonyl (C=O) groups is 1. The Morgan fingerprint density at radius 3 is 2.29 bits per heavy atom. The minimum atomic E-state index is -1.27. The Hall–Kier alpha value is 0.374. The Labute approximate surface area is 66.9 Å². The molecule has 36 valence electrons. The molecule has 1 N–H and O–H groups in total. The molecule has 0 atom stereocenters. The first-order valence-corrected chi connectivity index (χ1v) is 1.44. The SMILES string of the molecule is C[CH-]OC(=O)O.[Y+3]. The van der Waals surface area contributed by atoms with E-state index >= 15 is 0 Å². The van der Waals surface area contributed by atoms with Crippen LogP contribution < -0.4 is 0 Å². The van der Waals surface area contributed by atoms with Gasteiger partial charge in [-0.05, 0) is 0 Å². The van der Waals surface area contributed by atoms with Crippen molar-refractivity contribution < 1.29 is 47.3 Å². The van der Waals surface area contributed by atoms with E-state index in [1.807, 2.05) is 0 Å². The van der Waals surface area contributed by atoms with Crippen LogP contribution in [0.15, 0.2) is 0 Å². The Balaban J connectivity index is 0. The van der Waals surface area contributed by atoms with Crippen LogP contribution in [0.5, 0.6) is 0 Å². The Morgan fingerprint density at radius 2 is 2.29 bits per heavy atom. The predicted molar refractivity (Wildman–Crippen MR) is 19.1 cm³/mol. The first-order chi connectivity index (χ1) is 2.77. The van der Waals surface area contributed by atoms with Gasteiger partial charge in [0.05, 0.1) is 0 Å². The van der Waals surface area contributed by atoms with Gasteiger partial charge in [-0.1, -0.05) is 0 Å². The fraction of sp³-hybridized carbons (Fsp3) is 0.333. The van der Waals surface area contributed by atoms with Crippen LogP contribution in [0.4, 0.5) is 4.79 Å². The van der Waals surface area contributed by atoms with Crippen molar-refractivity contribution in [2.45, 2.75) is 6.92 Å². The van der Waals surface area contributed by atoms with E-state index in [0.29, 0.717) is 0 Å². The van der Waals surface area contributed by atoms with Gasteiger partial charge in [0.15, 0.2) is 0 Å². The van der Waals surface area contributed by atoms with E-state index in [2.05, 4.69) is 4.74 Å². The molecule has 3 nitrogen and oxygen atoms in total. The number of hydrogen-bond acceptors (Lipinski definition) is 2. The maximum atomic E-state index is 9.35. The summed E-state index contributed by atoms with van der Waals surface area (Å²) < 4.78 is 3.83. The smallest absolute Gasteiger partial charge is 0.606 e. The maximum Gasteiger partial charge on any atom is 3.00 e. The summed E-state index contributed by atoms with van der Waals surface area (Å²) in [6, 6.07) is 0. The summed E-state index contributed by atoms with van der Waals surface area (Å²) in [4.78, 5) is 9.35. The fourth-order valence-electron chi connectivity index (χ4n) is 0.101. The molecule has 0 aromatic rings. The second-order valence-electron chi connectivity index (χ2n) is 0.619. The van der Waals surface area contributed by atoms with Crippen molar-refractivity contribution in [1.29, 1.82) is 0 Å². The molecule has 0 aromatic heterocycles. The van der Waals surface area contributed by atoms with Crippen LogP contribution in [-0.2, 0) is 37.4 Å². The van der Waals surface area contributed by atoms with E-state index < -0.39 is 6.16 Å². The Morgan fingerprint density at radius 1 is 1.86 bits per heavy atom. The predicted octanol–water partition coefficient (Wildman–Crippen LogP) is 0.860. The molecule has 0 bridgehead atoms. The van der Waals surface area contributed by atoms with Crippen molar-refractivity contribution in [3.63, 3.8) is 0 Å². The molecule has 4 heteroatoms. The molecular formula is C3H5O3Y+2. The largest absolute Gasteiger partial charge is 3.00 e. The summed E-state index contributed by atoms with van der Waals surface area (Å²) in [5.74, 6) is 0. The molecular weight excluding hydrogens is 173 g/mol. The number of ether oxygens (including phenoxy) is 1. The van der Waals surface area contributed by atoms with Gasteiger partial charge in [0, 0.05) is 0 Å². The summed E-state index contributed by atoms with van der Waals surface area (Å²) in [5.41, 5.74) is 0. The van der Waals surface area contributed by atoms with Crippen LogP contribution in [0, 0.1) is 6.61 Å². The molecule has 0 aliphatic heterocycles. The summed E-state index contributed by atoms with van der Waals surface area (Å²) in [6.07, 6.45) is -1.27. The van der Waals surface area contributed by atoms with Crippen LogP contribution in [0.25, 0.3) is 0 Å². The molecule has 0 heterocycles. The third-order valence-corrected chi connectivity index (χ3v) is 0.219. The van der Waals surface area contributed by atoms with Gasteiger partial charge in [-0.3, -0.25) is 0 Å². The van der Waals surface area contributed by atoms with E-state index in [-0.39, 0.29) is 32.7 Å². The monoisotopic (exact) mass is 178 g/mol. The van der Waals surface area contributed by atoms with Crippen LogP contribution in [0.1, 0.15) is 6.92 Å². The van der Waals surface area contributed by atoms with Gasteiger partial charge in [0.25, 0.3) is 0 Å². The zero-order valence-electron chi connectivity index (χ0n) is 3.92. The van der Waals surface area contributed by atoms with E-state index in [1.165, 1.54) is 6.92 Å². The molecule has 0 spiro atoms. The van der Waals surface area contributed by atoms with Crippen LogP contribution in [0.2, 0.25) is 0 Å². The molecule has 0 aliphatic carbocycles. The quantitative estimate of drug-likeness (QED) is 0.478. The number of hydrogen-bond donors (Lipinski definition) is 1. The van der Waals surface area contributed by atoms with Crippen LogP contribution in [-0.4, -0.2) is 11.3 Å². The molecule has 0 amide bonds. The number of rotatable bonds is 1. The molecule has 0 fully saturated rings. The summed E-state index contributed by atoms with van der Waals surface area (Å²) in [7, 11) is 0. The summed E-state index contributed by atoms with van der Waals surface area (Å²) in [6.45, 7) is 2.59. The van der Waals surface area contributed by atoms with Gasteiger partial charge in [-0.25, -0.2) is 4.79 Å². The maximum absolute atomic E-state index is 9.35. The zero-order valence-corrected chi connectivity index (χ0v) is 6.76. The third-order valence-electron chi connectivity index (χ3n) is 0.219. The minimum Gasteiger partial charge on any atom is -0.606 e. The average molecular weight is 178 g/mol. The van der Waals surface area contributed by atoms with Crippen molar-refractivity contribution in [1.82, 2.24) is 0 Å². The summed E-state index contributed by atoms with van der Waals surface area (Å²) in [5, 5.41) is 7.66. The van der Waals surface area contributed by atoms with Crippen molar-refractivity contribution in [2.75, 3.05) is 0 Å². The van der Waals surface area contributed by atoms with Gasteiger partial charge in [-0.15, -0.1) is 0 Å². The van der Waals surface area contributed by atoms with Crippen molar-refractivity contribution in [3.8, 4) is 0 Å². The molecule has 0 saturated carbocycles. The van der Waals surface area contributed by atoms with E-state index in [1.54, 1.807) is 0 Å². The second-order valence-corrected chi connectivity index (χ2v) is 0.619. The van der Waals surface area contributed by atoms with Crippen molar-refractivity contribution >= 4 is 6.16 Å². The molecule has 7 heavy (non-hydrogen) atoms. The van der Waals surface area contributed by atoms with Gasteiger partial charge in [0.2, 0.25) is 0 Å². The topological polar surface area (TPSA) is 46.5 Å². The van der Waals surface area contributed by atoms with E-state index in [9.17, 15) is 4.79 Å². The second kappa shape index (κ2) is 6.37. The minimum absolute atomic E-state index is 0. The van der Waals surface area contributed by atoms with Crippen molar-refractivity contribution in [3.05, 3.63) is 6.61 Å². The van der Waals surface area contributed by atoms with E-state index in [0.717, 1.165) is 6.61 Å².